The Hall–Kier alpha value is -3.64. The normalized spacial score (nSPS) is 19.1. The second kappa shape index (κ2) is 11.6. The largest absolute Gasteiger partial charge is 0.449 e. The first-order chi connectivity index (χ1) is 18.5. The summed E-state index contributed by atoms with van der Waals surface area (Å²) in [7, 11) is -4.54. The minimum atomic E-state index is -4.54. The monoisotopic (exact) mass is 555 g/mol. The first kappa shape index (κ1) is 28.4. The molecule has 0 unspecified atom stereocenters. The molecule has 2 amide bonds. The minimum Gasteiger partial charge on any atom is -0.449 e. The fourth-order valence-corrected chi connectivity index (χ4v) is 6.26. The van der Waals surface area contributed by atoms with Gasteiger partial charge in [0.1, 0.15) is 17.6 Å². The lowest BCUT2D eigenvalue weighted by molar-refractivity contribution is -0.135. The lowest BCUT2D eigenvalue weighted by atomic mass is 10.0. The van der Waals surface area contributed by atoms with Crippen molar-refractivity contribution in [1.29, 1.82) is 0 Å². The van der Waals surface area contributed by atoms with Gasteiger partial charge in [-0.1, -0.05) is 19.9 Å². The quantitative estimate of drug-likeness (QED) is 0.427. The summed E-state index contributed by atoms with van der Waals surface area (Å²) in [5.41, 5.74) is 1.42. The van der Waals surface area contributed by atoms with Gasteiger partial charge in [-0.3, -0.25) is 19.4 Å². The molecule has 0 aromatic carbocycles. The first-order valence-corrected chi connectivity index (χ1v) is 14.3. The molecule has 4 heterocycles. The van der Waals surface area contributed by atoms with E-state index in [0.29, 0.717) is 27.4 Å². The number of hydrogen-bond acceptors (Lipinski definition) is 9. The second-order valence-electron chi connectivity index (χ2n) is 10.2. The molecule has 0 aliphatic carbocycles. The van der Waals surface area contributed by atoms with E-state index in [2.05, 4.69) is 20.6 Å². The first-order valence-electron chi connectivity index (χ1n) is 12.9. The topological polar surface area (TPSA) is 152 Å². The van der Waals surface area contributed by atoms with Crippen LogP contribution < -0.4 is 10.6 Å². The molecule has 4 rings (SSSR count). The lowest BCUT2D eigenvalue weighted by Gasteiger charge is -2.32. The van der Waals surface area contributed by atoms with Crippen molar-refractivity contribution >= 4 is 38.7 Å². The van der Waals surface area contributed by atoms with Crippen molar-refractivity contribution in [2.24, 2.45) is 5.92 Å². The molecule has 3 aromatic heterocycles. The Morgan fingerprint density at radius 3 is 2.56 bits per heavy atom. The maximum Gasteiger partial charge on any atom is 0.288 e. The van der Waals surface area contributed by atoms with Crippen LogP contribution in [-0.4, -0.2) is 65.0 Å². The number of aryl methyl sites for hydroxylation is 1. The number of Topliss-reactive ketones (excluding diaryl/α,β-unsaturated/α-hetero) is 1. The molecule has 0 spiro atoms. The number of amides is 2. The van der Waals surface area contributed by atoms with Gasteiger partial charge < -0.3 is 15.1 Å². The number of carbonyl (C=O) groups excluding carboxylic acids is 3. The van der Waals surface area contributed by atoms with E-state index in [-0.39, 0.29) is 42.1 Å². The van der Waals surface area contributed by atoms with Gasteiger partial charge in [-0.25, -0.2) is 9.29 Å². The third-order valence-electron chi connectivity index (χ3n) is 6.73. The third kappa shape index (κ3) is 6.01. The van der Waals surface area contributed by atoms with Crippen LogP contribution in [0.3, 0.4) is 0 Å². The van der Waals surface area contributed by atoms with Crippen molar-refractivity contribution in [1.82, 2.24) is 24.9 Å². The Balaban J connectivity index is 1.74. The molecule has 39 heavy (non-hydrogen) atoms. The van der Waals surface area contributed by atoms with Crippen molar-refractivity contribution < 1.29 is 27.2 Å². The summed E-state index contributed by atoms with van der Waals surface area (Å²) in [5.74, 6) is -2.12. The van der Waals surface area contributed by atoms with Gasteiger partial charge in [0, 0.05) is 24.0 Å². The summed E-state index contributed by atoms with van der Waals surface area (Å²) >= 11 is 0. The van der Waals surface area contributed by atoms with Gasteiger partial charge in [-0.2, -0.15) is 8.42 Å². The number of nitrogens with zero attached hydrogens (tertiary/aromatic N) is 3. The van der Waals surface area contributed by atoms with Crippen LogP contribution in [0.15, 0.2) is 52.2 Å². The van der Waals surface area contributed by atoms with Gasteiger partial charge in [-0.05, 0) is 63.3 Å². The highest BCUT2D eigenvalue weighted by Gasteiger charge is 2.44. The van der Waals surface area contributed by atoms with Crippen LogP contribution in [0.25, 0.3) is 11.1 Å². The van der Waals surface area contributed by atoms with Gasteiger partial charge in [0.2, 0.25) is 0 Å². The second-order valence-corrected chi connectivity index (χ2v) is 12.0. The number of rotatable bonds is 8. The number of sulfonamides is 1. The van der Waals surface area contributed by atoms with Crippen molar-refractivity contribution in [2.45, 2.75) is 70.1 Å². The van der Waals surface area contributed by atoms with E-state index in [1.54, 1.807) is 31.3 Å². The number of pyridine rings is 2. The molecule has 12 heteroatoms. The summed E-state index contributed by atoms with van der Waals surface area (Å²) in [6.45, 7) is 7.19. The molecule has 0 radical (unpaired) electrons. The summed E-state index contributed by atoms with van der Waals surface area (Å²) in [5, 5.41) is 5.39. The molecule has 3 atom stereocenters. The van der Waals surface area contributed by atoms with Crippen LogP contribution in [0.2, 0.25) is 0 Å². The molecule has 1 aliphatic rings. The van der Waals surface area contributed by atoms with E-state index in [0.717, 1.165) is 0 Å². The van der Waals surface area contributed by atoms with Crippen LogP contribution in [0.4, 0.5) is 0 Å². The standard InChI is InChI=1S/C27H33N5O6S/c1-16(2)14-19(31-26(34)25-18(4)24-22(38-25)8-7-13-29-24)27(35)32(20-11-10-17(3)30-15-21(20)33)39(36,37)23-9-5-6-12-28-23/h5-9,12-13,16-17,19-20,30H,10-11,14-15H2,1-4H3,(H,31,34)/t17-,19+,20+/m1/s1. The number of ketones is 1. The fraction of sp³-hybridized carbons (Fsp3) is 0.444. The maximum absolute atomic E-state index is 14.2. The highest BCUT2D eigenvalue weighted by molar-refractivity contribution is 7.89. The molecular weight excluding hydrogens is 522 g/mol. The van der Waals surface area contributed by atoms with Crippen LogP contribution in [0.5, 0.6) is 0 Å². The number of fused-ring (bicyclic) bond motifs is 1. The van der Waals surface area contributed by atoms with E-state index < -0.39 is 39.7 Å². The van der Waals surface area contributed by atoms with E-state index in [4.69, 9.17) is 4.42 Å². The van der Waals surface area contributed by atoms with Crippen molar-refractivity contribution in [2.75, 3.05) is 6.54 Å². The predicted octanol–water partition coefficient (Wildman–Crippen LogP) is 2.60. The highest BCUT2D eigenvalue weighted by Crippen LogP contribution is 2.26. The number of nitrogens with one attached hydrogen (secondary N) is 2. The number of furan rings is 1. The average Bonchev–Trinajstić information content (AvgIpc) is 3.16. The van der Waals surface area contributed by atoms with Crippen molar-refractivity contribution in [3.8, 4) is 0 Å². The fourth-order valence-electron chi connectivity index (χ4n) is 4.69. The zero-order chi connectivity index (χ0) is 28.3. The summed E-state index contributed by atoms with van der Waals surface area (Å²) in [6, 6.07) is 5.15. The molecule has 208 valence electrons. The molecule has 2 N–H and O–H groups in total. The summed E-state index contributed by atoms with van der Waals surface area (Å²) in [4.78, 5) is 48.9. The Bertz CT molecular complexity index is 1470. The molecule has 1 aliphatic heterocycles. The Morgan fingerprint density at radius 2 is 1.90 bits per heavy atom. The zero-order valence-electron chi connectivity index (χ0n) is 22.4. The molecule has 1 saturated heterocycles. The van der Waals surface area contributed by atoms with Gasteiger partial charge in [-0.15, -0.1) is 0 Å². The molecule has 3 aromatic rings. The van der Waals surface area contributed by atoms with E-state index in [1.165, 1.54) is 18.3 Å². The Morgan fingerprint density at radius 1 is 1.15 bits per heavy atom. The summed E-state index contributed by atoms with van der Waals surface area (Å²) < 4.78 is 34.1. The SMILES string of the molecule is Cc1c(C(=O)N[C@@H](CC(C)C)C(=O)N([C@H]2CC[C@@H](C)NCC2=O)S(=O)(=O)c2ccccn2)oc2cccnc12. The Labute approximate surface area is 227 Å². The van der Waals surface area contributed by atoms with Gasteiger partial charge in [0.05, 0.1) is 6.54 Å². The smallest absolute Gasteiger partial charge is 0.288 e. The van der Waals surface area contributed by atoms with E-state index >= 15 is 0 Å². The van der Waals surface area contributed by atoms with E-state index in [9.17, 15) is 22.8 Å². The minimum absolute atomic E-state index is 0.0204. The number of carbonyl (C=O) groups is 3. The van der Waals surface area contributed by atoms with Crippen molar-refractivity contribution in [3.05, 3.63) is 54.0 Å². The van der Waals surface area contributed by atoms with E-state index in [1.807, 2.05) is 20.8 Å². The number of aromatic nitrogens is 2. The zero-order valence-corrected chi connectivity index (χ0v) is 23.2. The molecule has 0 saturated carbocycles. The van der Waals surface area contributed by atoms with Gasteiger partial charge in [0.15, 0.2) is 22.2 Å². The maximum atomic E-state index is 14.2. The predicted molar refractivity (Wildman–Crippen MR) is 143 cm³/mol. The highest BCUT2D eigenvalue weighted by atomic mass is 32.2. The van der Waals surface area contributed by atoms with Crippen LogP contribution >= 0.6 is 0 Å². The number of hydrogen-bond donors (Lipinski definition) is 2. The van der Waals surface area contributed by atoms with Crippen LogP contribution in [0, 0.1) is 12.8 Å². The van der Waals surface area contributed by atoms with Crippen LogP contribution in [0.1, 0.15) is 56.2 Å². The lowest BCUT2D eigenvalue weighted by Crippen LogP contribution is -2.56. The molecule has 11 nitrogen and oxygen atoms in total. The van der Waals surface area contributed by atoms with Crippen LogP contribution in [-0.2, 0) is 19.6 Å². The molecular formula is C27H33N5O6S. The summed E-state index contributed by atoms with van der Waals surface area (Å²) in [6.07, 6.45) is 3.63. The molecule has 1 fully saturated rings. The van der Waals surface area contributed by atoms with Gasteiger partial charge >= 0.3 is 0 Å². The van der Waals surface area contributed by atoms with Gasteiger partial charge in [0.25, 0.3) is 21.8 Å². The third-order valence-corrected chi connectivity index (χ3v) is 8.45. The average molecular weight is 556 g/mol. The van der Waals surface area contributed by atoms with Crippen molar-refractivity contribution in [3.63, 3.8) is 0 Å². The molecule has 0 bridgehead atoms. The Kier molecular flexibility index (Phi) is 8.45.